The van der Waals surface area contributed by atoms with E-state index in [0.29, 0.717) is 12.8 Å². The summed E-state index contributed by atoms with van der Waals surface area (Å²) in [6.45, 7) is 0. The number of hydrogen-bond acceptors (Lipinski definition) is 4. The van der Waals surface area contributed by atoms with E-state index in [4.69, 9.17) is 11.5 Å². The predicted molar refractivity (Wildman–Crippen MR) is 49.2 cm³/mol. The third kappa shape index (κ3) is 2.20. The van der Waals surface area contributed by atoms with Crippen LogP contribution in [0.25, 0.3) is 0 Å². The van der Waals surface area contributed by atoms with Crippen LogP contribution in [0.5, 0.6) is 0 Å². The molecule has 0 aliphatic heterocycles. The van der Waals surface area contributed by atoms with Crippen LogP contribution >= 0.6 is 0 Å². The lowest BCUT2D eigenvalue weighted by atomic mass is 9.78. The summed E-state index contributed by atoms with van der Waals surface area (Å²) in [6, 6.07) is 0. The lowest BCUT2D eigenvalue weighted by Crippen LogP contribution is -2.46. The number of nitrogens with two attached hydrogens (primary N) is 2. The fourth-order valence-electron chi connectivity index (χ4n) is 1.80. The van der Waals surface area contributed by atoms with Crippen molar-refractivity contribution < 1.29 is 19.2 Å². The van der Waals surface area contributed by atoms with Gasteiger partial charge in [-0.25, -0.2) is 0 Å². The second kappa shape index (κ2) is 4.20. The molecule has 0 aromatic carbocycles. The predicted octanol–water partition coefficient (Wildman–Crippen LogP) is -1.49. The molecule has 1 atom stereocenters. The number of ketones is 2. The zero-order valence-corrected chi connectivity index (χ0v) is 8.06. The molecule has 6 nitrogen and oxygen atoms in total. The van der Waals surface area contributed by atoms with Crippen LogP contribution in [0.4, 0.5) is 0 Å². The van der Waals surface area contributed by atoms with E-state index in [9.17, 15) is 19.2 Å². The molecule has 0 aromatic rings. The van der Waals surface area contributed by atoms with Gasteiger partial charge in [0.15, 0.2) is 5.78 Å². The zero-order valence-electron chi connectivity index (χ0n) is 8.06. The van der Waals surface area contributed by atoms with Crippen LogP contribution in [0, 0.1) is 11.8 Å². The minimum absolute atomic E-state index is 0.166. The van der Waals surface area contributed by atoms with E-state index in [1.54, 1.807) is 0 Å². The third-order valence-corrected chi connectivity index (χ3v) is 2.55. The highest BCUT2D eigenvalue weighted by Crippen LogP contribution is 2.25. The number of Topliss-reactive ketones (excluding diaryl/α,β-unsaturated/α-hetero) is 2. The van der Waals surface area contributed by atoms with Crippen molar-refractivity contribution in [1.29, 1.82) is 0 Å². The van der Waals surface area contributed by atoms with Gasteiger partial charge in [0.1, 0.15) is 5.92 Å². The van der Waals surface area contributed by atoms with Crippen molar-refractivity contribution >= 4 is 23.4 Å². The maximum Gasteiger partial charge on any atom is 0.230 e. The maximum atomic E-state index is 11.4. The molecule has 15 heavy (non-hydrogen) atoms. The minimum Gasteiger partial charge on any atom is -0.369 e. The average Bonchev–Trinajstić information content (AvgIpc) is 2.11. The van der Waals surface area contributed by atoms with Gasteiger partial charge >= 0.3 is 0 Å². The summed E-state index contributed by atoms with van der Waals surface area (Å²) in [6.07, 6.45) is 0.951. The molecule has 2 amide bonds. The van der Waals surface area contributed by atoms with Crippen molar-refractivity contribution in [2.24, 2.45) is 23.3 Å². The quantitative estimate of drug-likeness (QED) is 0.437. The Hall–Kier alpha value is -1.72. The van der Waals surface area contributed by atoms with Crippen molar-refractivity contribution in [3.05, 3.63) is 0 Å². The second-order valence-electron chi connectivity index (χ2n) is 3.57. The number of carbonyl (C=O) groups is 4. The van der Waals surface area contributed by atoms with Crippen molar-refractivity contribution in [2.75, 3.05) is 0 Å². The molecule has 1 rings (SSSR count). The molecule has 0 radical (unpaired) electrons. The molecule has 0 spiro atoms. The summed E-state index contributed by atoms with van der Waals surface area (Å²) in [5.41, 5.74) is 9.95. The van der Waals surface area contributed by atoms with E-state index in [0.717, 1.165) is 0 Å². The standard InChI is InChI=1S/C9H12N2O4/c10-8(14)6(9(11)15)4-2-1-3-5(12)7(4)13/h4,6H,1-3H2,(H2,10,14)(H2,11,15). The molecule has 1 unspecified atom stereocenters. The van der Waals surface area contributed by atoms with Gasteiger partial charge in [-0.2, -0.15) is 0 Å². The maximum absolute atomic E-state index is 11.4. The molecule has 1 aliphatic rings. The monoisotopic (exact) mass is 212 g/mol. The smallest absolute Gasteiger partial charge is 0.230 e. The van der Waals surface area contributed by atoms with Crippen molar-refractivity contribution in [3.63, 3.8) is 0 Å². The topological polar surface area (TPSA) is 120 Å². The van der Waals surface area contributed by atoms with Crippen LogP contribution < -0.4 is 11.5 Å². The van der Waals surface area contributed by atoms with Crippen LogP contribution in [-0.4, -0.2) is 23.4 Å². The highest BCUT2D eigenvalue weighted by atomic mass is 16.2. The fourth-order valence-corrected chi connectivity index (χ4v) is 1.80. The number of primary amides is 2. The number of carbonyl (C=O) groups excluding carboxylic acids is 4. The highest BCUT2D eigenvalue weighted by Gasteiger charge is 2.40. The molecule has 1 fully saturated rings. The van der Waals surface area contributed by atoms with E-state index in [2.05, 4.69) is 0 Å². The molecule has 6 heteroatoms. The summed E-state index contributed by atoms with van der Waals surface area (Å²) in [5, 5.41) is 0. The Bertz CT molecular complexity index is 323. The van der Waals surface area contributed by atoms with Crippen LogP contribution in [0.1, 0.15) is 19.3 Å². The average molecular weight is 212 g/mol. The summed E-state index contributed by atoms with van der Waals surface area (Å²) < 4.78 is 0. The fraction of sp³-hybridized carbons (Fsp3) is 0.556. The van der Waals surface area contributed by atoms with E-state index < -0.39 is 35.2 Å². The highest BCUT2D eigenvalue weighted by molar-refractivity contribution is 6.39. The molecule has 0 saturated heterocycles. The molecule has 1 saturated carbocycles. The number of hydrogen-bond donors (Lipinski definition) is 2. The van der Waals surface area contributed by atoms with Crippen molar-refractivity contribution in [1.82, 2.24) is 0 Å². The van der Waals surface area contributed by atoms with Gasteiger partial charge in [0.2, 0.25) is 17.6 Å². The van der Waals surface area contributed by atoms with Crippen LogP contribution in [-0.2, 0) is 19.2 Å². The molecule has 1 aliphatic carbocycles. The zero-order chi connectivity index (χ0) is 11.6. The first kappa shape index (κ1) is 11.4. The van der Waals surface area contributed by atoms with Crippen molar-refractivity contribution in [2.45, 2.75) is 19.3 Å². The molecular formula is C9H12N2O4. The van der Waals surface area contributed by atoms with Gasteiger partial charge in [-0.3, -0.25) is 19.2 Å². The minimum atomic E-state index is -1.36. The van der Waals surface area contributed by atoms with Gasteiger partial charge in [0.05, 0.1) is 0 Å². The largest absolute Gasteiger partial charge is 0.369 e. The van der Waals surface area contributed by atoms with E-state index in [1.807, 2.05) is 0 Å². The summed E-state index contributed by atoms with van der Waals surface area (Å²) in [7, 11) is 0. The first-order valence-electron chi connectivity index (χ1n) is 4.61. The lowest BCUT2D eigenvalue weighted by Gasteiger charge is -2.23. The SMILES string of the molecule is NC(=O)C(C(N)=O)C1CCCC(=O)C1=O. The number of rotatable bonds is 3. The molecule has 0 bridgehead atoms. The summed E-state index contributed by atoms with van der Waals surface area (Å²) >= 11 is 0. The van der Waals surface area contributed by atoms with Gasteiger partial charge in [-0.05, 0) is 12.8 Å². The van der Waals surface area contributed by atoms with E-state index >= 15 is 0 Å². The van der Waals surface area contributed by atoms with Gasteiger partial charge in [-0.1, -0.05) is 0 Å². The second-order valence-corrected chi connectivity index (χ2v) is 3.57. The van der Waals surface area contributed by atoms with Crippen LogP contribution in [0.15, 0.2) is 0 Å². The Kier molecular flexibility index (Phi) is 3.18. The molecule has 0 aromatic heterocycles. The van der Waals surface area contributed by atoms with Gasteiger partial charge in [0, 0.05) is 12.3 Å². The Morgan fingerprint density at radius 2 is 1.73 bits per heavy atom. The molecule has 0 heterocycles. The van der Waals surface area contributed by atoms with E-state index in [-0.39, 0.29) is 6.42 Å². The molecular weight excluding hydrogens is 200 g/mol. The van der Waals surface area contributed by atoms with Crippen LogP contribution in [0.3, 0.4) is 0 Å². The Morgan fingerprint density at radius 1 is 1.20 bits per heavy atom. The van der Waals surface area contributed by atoms with E-state index in [1.165, 1.54) is 0 Å². The Labute approximate surface area is 86.0 Å². The van der Waals surface area contributed by atoms with Crippen molar-refractivity contribution in [3.8, 4) is 0 Å². The number of amides is 2. The van der Waals surface area contributed by atoms with Crippen LogP contribution in [0.2, 0.25) is 0 Å². The third-order valence-electron chi connectivity index (χ3n) is 2.55. The summed E-state index contributed by atoms with van der Waals surface area (Å²) in [5.74, 6) is -5.48. The molecule has 4 N–H and O–H groups in total. The normalized spacial score (nSPS) is 21.8. The Morgan fingerprint density at radius 3 is 2.20 bits per heavy atom. The van der Waals surface area contributed by atoms with Gasteiger partial charge in [0.25, 0.3) is 0 Å². The van der Waals surface area contributed by atoms with Gasteiger partial charge in [-0.15, -0.1) is 0 Å². The first-order valence-corrected chi connectivity index (χ1v) is 4.61. The molecule has 82 valence electrons. The van der Waals surface area contributed by atoms with Gasteiger partial charge < -0.3 is 11.5 Å². The Balaban J connectivity index is 2.92. The first-order chi connectivity index (χ1) is 6.95. The lowest BCUT2D eigenvalue weighted by molar-refractivity contribution is -0.146. The summed E-state index contributed by atoms with van der Waals surface area (Å²) in [4.78, 5) is 44.4.